The molecule has 0 bridgehead atoms. The molecule has 0 spiro atoms. The van der Waals surface area contributed by atoms with E-state index in [-0.39, 0.29) is 16.2 Å². The Morgan fingerprint density at radius 2 is 1.68 bits per heavy atom. The molecular formula is C13H13Cl2N3O. The smallest absolute Gasteiger partial charge is 0.253 e. The molecule has 19 heavy (non-hydrogen) atoms. The third-order valence-corrected chi connectivity index (χ3v) is 3.50. The molecule has 2 rings (SSSR count). The molecule has 100 valence electrons. The van der Waals surface area contributed by atoms with Gasteiger partial charge in [0.2, 0.25) is 0 Å². The summed E-state index contributed by atoms with van der Waals surface area (Å²) in [5.41, 5.74) is 1.75. The Hall–Kier alpha value is -1.39. The maximum absolute atomic E-state index is 12.2. The van der Waals surface area contributed by atoms with Crippen LogP contribution in [0.15, 0.2) is 18.2 Å². The number of aromatic nitrogens is 2. The summed E-state index contributed by atoms with van der Waals surface area (Å²) in [4.78, 5) is 22.2. The summed E-state index contributed by atoms with van der Waals surface area (Å²) in [5.74, 6) is -0.0280. The highest BCUT2D eigenvalue weighted by Gasteiger charge is 2.14. The first-order chi connectivity index (χ1) is 9.06. The van der Waals surface area contributed by atoms with E-state index < -0.39 is 0 Å². The van der Waals surface area contributed by atoms with Gasteiger partial charge in [-0.2, -0.15) is 0 Å². The van der Waals surface area contributed by atoms with E-state index in [9.17, 15) is 4.79 Å². The third-order valence-electron chi connectivity index (χ3n) is 2.88. The van der Waals surface area contributed by atoms with Crippen molar-refractivity contribution in [3.8, 4) is 0 Å². The van der Waals surface area contributed by atoms with Crippen LogP contribution in [0, 0.1) is 0 Å². The Kier molecular flexibility index (Phi) is 4.22. The van der Waals surface area contributed by atoms with Gasteiger partial charge in [0, 0.05) is 18.7 Å². The molecule has 1 amide bonds. The van der Waals surface area contributed by atoms with Crippen molar-refractivity contribution < 1.29 is 4.79 Å². The van der Waals surface area contributed by atoms with E-state index in [1.54, 1.807) is 23.1 Å². The van der Waals surface area contributed by atoms with Gasteiger partial charge in [0.15, 0.2) is 10.3 Å². The highest BCUT2D eigenvalue weighted by molar-refractivity contribution is 6.40. The van der Waals surface area contributed by atoms with Crippen molar-refractivity contribution in [2.24, 2.45) is 0 Å². The summed E-state index contributed by atoms with van der Waals surface area (Å²) in [6, 6.07) is 5.13. The van der Waals surface area contributed by atoms with Crippen LogP contribution < -0.4 is 0 Å². The van der Waals surface area contributed by atoms with Gasteiger partial charge in [0.05, 0.1) is 11.0 Å². The number of carbonyl (C=O) groups excluding carboxylic acids is 1. The molecule has 0 atom stereocenters. The Labute approximate surface area is 121 Å². The summed E-state index contributed by atoms with van der Waals surface area (Å²) >= 11 is 11.6. The van der Waals surface area contributed by atoms with Crippen LogP contribution in [-0.2, 0) is 0 Å². The number of nitrogens with zero attached hydrogens (tertiary/aromatic N) is 3. The minimum atomic E-state index is -0.0280. The largest absolute Gasteiger partial charge is 0.339 e. The molecule has 1 heterocycles. The van der Waals surface area contributed by atoms with Crippen LogP contribution in [0.2, 0.25) is 10.3 Å². The summed E-state index contributed by atoms with van der Waals surface area (Å²) in [5, 5.41) is 0.304. The first kappa shape index (κ1) is 14.0. The number of hydrogen-bond donors (Lipinski definition) is 0. The van der Waals surface area contributed by atoms with Crippen molar-refractivity contribution in [2.45, 2.75) is 13.8 Å². The van der Waals surface area contributed by atoms with Crippen molar-refractivity contribution >= 4 is 40.1 Å². The molecule has 0 fully saturated rings. The molecule has 1 aromatic carbocycles. The highest BCUT2D eigenvalue weighted by atomic mass is 35.5. The summed E-state index contributed by atoms with van der Waals surface area (Å²) < 4.78 is 0. The molecule has 0 N–H and O–H groups in total. The number of fused-ring (bicyclic) bond motifs is 1. The molecule has 4 nitrogen and oxygen atoms in total. The van der Waals surface area contributed by atoms with Gasteiger partial charge in [0.1, 0.15) is 0 Å². The SMILES string of the molecule is CCN(CC)C(=O)c1ccc2nc(Cl)c(Cl)nc2c1. The fraction of sp³-hybridized carbons (Fsp3) is 0.308. The molecular weight excluding hydrogens is 285 g/mol. The first-order valence-electron chi connectivity index (χ1n) is 5.98. The molecule has 0 unspecified atom stereocenters. The number of halogens is 2. The lowest BCUT2D eigenvalue weighted by Gasteiger charge is -2.18. The Morgan fingerprint density at radius 1 is 1.11 bits per heavy atom. The monoisotopic (exact) mass is 297 g/mol. The second kappa shape index (κ2) is 5.72. The maximum Gasteiger partial charge on any atom is 0.253 e. The second-order valence-corrected chi connectivity index (χ2v) is 4.70. The fourth-order valence-corrected chi connectivity index (χ4v) is 2.10. The van der Waals surface area contributed by atoms with E-state index >= 15 is 0 Å². The standard InChI is InChI=1S/C13H13Cl2N3O/c1-3-18(4-2)13(19)8-5-6-9-10(7-8)17-12(15)11(14)16-9/h5-7H,3-4H2,1-2H3. The predicted octanol–water partition coefficient (Wildman–Crippen LogP) is 3.42. The number of benzene rings is 1. The third kappa shape index (κ3) is 2.80. The molecule has 0 aliphatic rings. The lowest BCUT2D eigenvalue weighted by molar-refractivity contribution is 0.0773. The number of amides is 1. The van der Waals surface area contributed by atoms with Crippen molar-refractivity contribution in [3.05, 3.63) is 34.1 Å². The summed E-state index contributed by atoms with van der Waals surface area (Å²) in [6.45, 7) is 5.22. The van der Waals surface area contributed by atoms with Crippen LogP contribution >= 0.6 is 23.2 Å². The van der Waals surface area contributed by atoms with Gasteiger partial charge in [-0.05, 0) is 32.0 Å². The molecule has 2 aromatic rings. The molecule has 6 heteroatoms. The van der Waals surface area contributed by atoms with E-state index in [1.165, 1.54) is 0 Å². The van der Waals surface area contributed by atoms with Crippen LogP contribution in [0.5, 0.6) is 0 Å². The van der Waals surface area contributed by atoms with Gasteiger partial charge in [-0.1, -0.05) is 23.2 Å². The van der Waals surface area contributed by atoms with Gasteiger partial charge in [-0.25, -0.2) is 9.97 Å². The number of rotatable bonds is 3. The Morgan fingerprint density at radius 3 is 2.26 bits per heavy atom. The molecule has 0 radical (unpaired) electrons. The van der Waals surface area contributed by atoms with E-state index in [1.807, 2.05) is 13.8 Å². The lowest BCUT2D eigenvalue weighted by atomic mass is 10.1. The van der Waals surface area contributed by atoms with Gasteiger partial charge in [-0.3, -0.25) is 4.79 Å². The predicted molar refractivity (Wildman–Crippen MR) is 76.8 cm³/mol. The normalized spacial score (nSPS) is 10.7. The molecule has 0 saturated heterocycles. The summed E-state index contributed by atoms with van der Waals surface area (Å²) in [6.07, 6.45) is 0. The van der Waals surface area contributed by atoms with E-state index in [2.05, 4.69) is 9.97 Å². The minimum Gasteiger partial charge on any atom is -0.339 e. The van der Waals surface area contributed by atoms with E-state index in [0.29, 0.717) is 29.7 Å². The number of carbonyl (C=O) groups is 1. The van der Waals surface area contributed by atoms with Crippen molar-refractivity contribution in [2.75, 3.05) is 13.1 Å². The van der Waals surface area contributed by atoms with Gasteiger partial charge in [0.25, 0.3) is 5.91 Å². The van der Waals surface area contributed by atoms with Gasteiger partial charge >= 0.3 is 0 Å². The van der Waals surface area contributed by atoms with E-state index in [0.717, 1.165) is 0 Å². The van der Waals surface area contributed by atoms with Crippen LogP contribution in [-0.4, -0.2) is 33.9 Å². The highest BCUT2D eigenvalue weighted by Crippen LogP contribution is 2.22. The molecule has 0 aliphatic carbocycles. The average Bonchev–Trinajstić information content (AvgIpc) is 2.41. The Balaban J connectivity index is 2.46. The minimum absolute atomic E-state index is 0.0280. The zero-order valence-corrected chi connectivity index (χ0v) is 12.2. The van der Waals surface area contributed by atoms with Crippen molar-refractivity contribution in [1.29, 1.82) is 0 Å². The lowest BCUT2D eigenvalue weighted by Crippen LogP contribution is -2.30. The van der Waals surface area contributed by atoms with Crippen LogP contribution in [0.1, 0.15) is 24.2 Å². The molecule has 1 aromatic heterocycles. The molecule has 0 aliphatic heterocycles. The van der Waals surface area contributed by atoms with Crippen molar-refractivity contribution in [1.82, 2.24) is 14.9 Å². The summed E-state index contributed by atoms with van der Waals surface area (Å²) in [7, 11) is 0. The zero-order chi connectivity index (χ0) is 14.0. The van der Waals surface area contributed by atoms with Gasteiger partial charge < -0.3 is 4.90 Å². The topological polar surface area (TPSA) is 46.1 Å². The van der Waals surface area contributed by atoms with Crippen LogP contribution in [0.25, 0.3) is 11.0 Å². The number of hydrogen-bond acceptors (Lipinski definition) is 3. The van der Waals surface area contributed by atoms with Crippen LogP contribution in [0.3, 0.4) is 0 Å². The Bertz CT molecular complexity index is 627. The average molecular weight is 298 g/mol. The fourth-order valence-electron chi connectivity index (χ4n) is 1.84. The second-order valence-electron chi connectivity index (χ2n) is 3.99. The van der Waals surface area contributed by atoms with E-state index in [4.69, 9.17) is 23.2 Å². The molecule has 0 saturated carbocycles. The maximum atomic E-state index is 12.2. The first-order valence-corrected chi connectivity index (χ1v) is 6.74. The quantitative estimate of drug-likeness (QED) is 0.872. The van der Waals surface area contributed by atoms with Gasteiger partial charge in [-0.15, -0.1) is 0 Å². The van der Waals surface area contributed by atoms with Crippen molar-refractivity contribution in [3.63, 3.8) is 0 Å². The van der Waals surface area contributed by atoms with Crippen LogP contribution in [0.4, 0.5) is 0 Å². The zero-order valence-electron chi connectivity index (χ0n) is 10.7.